The maximum atomic E-state index is 6.11. The van der Waals surface area contributed by atoms with Crippen LogP contribution in [0.1, 0.15) is 0 Å². The largest absolute Gasteiger partial charge is 0.309 e. The highest BCUT2D eigenvalue weighted by Gasteiger charge is 2.32. The van der Waals surface area contributed by atoms with Crippen molar-refractivity contribution in [3.05, 3.63) is 497 Å². The van der Waals surface area contributed by atoms with Gasteiger partial charge in [0, 0.05) is 89.6 Å². The van der Waals surface area contributed by atoms with E-state index in [9.17, 15) is 0 Å². The molecule has 0 radical (unpaired) electrons. The first-order valence-electron chi connectivity index (χ1n) is 47.3. The molecular formula is C130H82N8. The minimum Gasteiger partial charge on any atom is -0.309 e. The van der Waals surface area contributed by atoms with Crippen LogP contribution in [0, 0.1) is 0 Å². The van der Waals surface area contributed by atoms with Gasteiger partial charge in [-0.1, -0.05) is 346 Å². The molecule has 0 unspecified atom stereocenters. The maximum absolute atomic E-state index is 6.11. The van der Waals surface area contributed by atoms with Crippen LogP contribution in [0.2, 0.25) is 0 Å². The maximum Gasteiger partial charge on any atom is 0.238 e. The van der Waals surface area contributed by atoms with Gasteiger partial charge in [-0.15, -0.1) is 0 Å². The Bertz CT molecular complexity index is 8440. The number of nitrogens with zero attached hydrogens (tertiary/aromatic N) is 8. The molecule has 25 aromatic rings. The Balaban J connectivity index is 0.653. The average Bonchev–Trinajstić information content (AvgIpc) is 1.51. The van der Waals surface area contributed by atoms with Gasteiger partial charge in [-0.2, -0.15) is 9.97 Å². The summed E-state index contributed by atoms with van der Waals surface area (Å²) in [5.74, 6) is 1.73. The zero-order valence-electron chi connectivity index (χ0n) is 74.9. The predicted octanol–water partition coefficient (Wildman–Crippen LogP) is 35.1. The van der Waals surface area contributed by atoms with Gasteiger partial charge in [0.25, 0.3) is 0 Å². The molecular weight excluding hydrogens is 1670 g/mol. The lowest BCUT2D eigenvalue weighted by Gasteiger charge is -2.31. The molecule has 138 heavy (non-hydrogen) atoms. The van der Waals surface area contributed by atoms with Crippen LogP contribution in [0.5, 0.6) is 0 Å². The van der Waals surface area contributed by atoms with Gasteiger partial charge in [-0.25, -0.2) is 0 Å². The van der Waals surface area contributed by atoms with Crippen molar-refractivity contribution in [3.63, 3.8) is 0 Å². The quantitative estimate of drug-likeness (QED) is 0.122. The van der Waals surface area contributed by atoms with E-state index in [-0.39, 0.29) is 0 Å². The molecule has 0 saturated carbocycles. The van der Waals surface area contributed by atoms with E-state index in [0.29, 0.717) is 17.6 Å². The summed E-state index contributed by atoms with van der Waals surface area (Å²) in [4.78, 5) is 19.1. The van der Waals surface area contributed by atoms with Crippen molar-refractivity contribution in [2.45, 2.75) is 0 Å². The van der Waals surface area contributed by atoms with E-state index in [2.05, 4.69) is 526 Å². The lowest BCUT2D eigenvalue weighted by Crippen LogP contribution is -2.20. The van der Waals surface area contributed by atoms with Crippen molar-refractivity contribution in [1.82, 2.24) is 23.7 Å². The Morgan fingerprint density at radius 1 is 0.130 bits per heavy atom. The molecule has 0 spiro atoms. The molecule has 3 aliphatic carbocycles. The van der Waals surface area contributed by atoms with Gasteiger partial charge < -0.3 is 13.7 Å². The molecule has 642 valence electrons. The number of hydrogen-bond acceptors (Lipinski definition) is 5. The predicted molar refractivity (Wildman–Crippen MR) is 575 cm³/mol. The highest BCUT2D eigenvalue weighted by Crippen LogP contribution is 2.56. The number of aromatic nitrogens is 5. The highest BCUT2D eigenvalue weighted by atomic mass is 15.3. The van der Waals surface area contributed by atoms with Gasteiger partial charge in [0.2, 0.25) is 5.95 Å². The molecule has 4 heterocycles. The minimum absolute atomic E-state index is 0.453. The second-order valence-electron chi connectivity index (χ2n) is 36.2. The fourth-order valence-corrected chi connectivity index (χ4v) is 22.8. The van der Waals surface area contributed by atoms with Crippen LogP contribution in [0.4, 0.5) is 51.7 Å². The Hall–Kier alpha value is -18.5. The van der Waals surface area contributed by atoms with Crippen LogP contribution in [0.25, 0.3) is 216 Å². The number of benzene rings is 21. The van der Waals surface area contributed by atoms with Crippen LogP contribution in [-0.2, 0) is 0 Å². The van der Waals surface area contributed by atoms with Gasteiger partial charge in [-0.3, -0.25) is 14.7 Å². The first-order chi connectivity index (χ1) is 68.5. The van der Waals surface area contributed by atoms with E-state index in [1.165, 1.54) is 134 Å². The van der Waals surface area contributed by atoms with Crippen LogP contribution in [-0.4, -0.2) is 23.7 Å². The molecule has 0 N–H and O–H groups in total. The summed E-state index contributed by atoms with van der Waals surface area (Å²) < 4.78 is 7.37. The number of fused-ring (bicyclic) bond motifs is 33. The molecule has 28 rings (SSSR count). The third-order valence-corrected chi connectivity index (χ3v) is 28.7. The summed E-state index contributed by atoms with van der Waals surface area (Å²) in [6, 6.07) is 183. The number of hydrogen-bond donors (Lipinski definition) is 0. The third-order valence-electron chi connectivity index (χ3n) is 28.7. The summed E-state index contributed by atoms with van der Waals surface area (Å²) in [5.41, 5.74) is 43.9. The van der Waals surface area contributed by atoms with Gasteiger partial charge in [0.15, 0.2) is 0 Å². The van der Waals surface area contributed by atoms with E-state index in [0.717, 1.165) is 117 Å². The molecule has 4 aromatic heterocycles. The Morgan fingerprint density at radius 2 is 0.326 bits per heavy atom. The molecule has 3 aliphatic rings. The van der Waals surface area contributed by atoms with Gasteiger partial charge in [0.05, 0.1) is 33.1 Å². The summed E-state index contributed by atoms with van der Waals surface area (Å²) >= 11 is 0. The zero-order valence-corrected chi connectivity index (χ0v) is 74.9. The molecule has 0 atom stereocenters. The summed E-state index contributed by atoms with van der Waals surface area (Å²) in [6.07, 6.45) is 0. The topological polar surface area (TPSA) is 50.3 Å². The van der Waals surface area contributed by atoms with Crippen LogP contribution in [0.15, 0.2) is 497 Å². The van der Waals surface area contributed by atoms with Crippen molar-refractivity contribution in [1.29, 1.82) is 0 Å². The minimum atomic E-state index is 0.453. The monoisotopic (exact) mass is 1750 g/mol. The molecule has 0 saturated heterocycles. The van der Waals surface area contributed by atoms with Crippen molar-refractivity contribution >= 4 is 117 Å². The fraction of sp³-hybridized carbons (Fsp3) is 0. The molecule has 8 nitrogen and oxygen atoms in total. The average molecular weight is 1760 g/mol. The molecule has 0 aliphatic heterocycles. The summed E-state index contributed by atoms with van der Waals surface area (Å²) in [5, 5.41) is 6.61. The smallest absolute Gasteiger partial charge is 0.238 e. The number of para-hydroxylation sites is 6. The van der Waals surface area contributed by atoms with Crippen LogP contribution in [0.3, 0.4) is 0 Å². The second kappa shape index (κ2) is 31.6. The van der Waals surface area contributed by atoms with Gasteiger partial charge >= 0.3 is 0 Å². The van der Waals surface area contributed by atoms with E-state index >= 15 is 0 Å². The molecule has 8 heteroatoms. The molecule has 21 aromatic carbocycles. The van der Waals surface area contributed by atoms with Gasteiger partial charge in [-0.05, 0) is 279 Å². The first kappa shape index (κ1) is 78.2. The van der Waals surface area contributed by atoms with Gasteiger partial charge in [0.1, 0.15) is 11.6 Å². The van der Waals surface area contributed by atoms with Crippen molar-refractivity contribution in [3.8, 4) is 151 Å². The van der Waals surface area contributed by atoms with Crippen molar-refractivity contribution in [2.24, 2.45) is 0 Å². The lowest BCUT2D eigenvalue weighted by molar-refractivity contribution is 1.04. The van der Waals surface area contributed by atoms with E-state index in [4.69, 9.17) is 9.97 Å². The third kappa shape index (κ3) is 12.3. The van der Waals surface area contributed by atoms with E-state index in [1.54, 1.807) is 0 Å². The van der Waals surface area contributed by atoms with E-state index in [1.807, 2.05) is 0 Å². The number of rotatable bonds is 12. The van der Waals surface area contributed by atoms with Crippen molar-refractivity contribution in [2.75, 3.05) is 14.7 Å². The van der Waals surface area contributed by atoms with Crippen LogP contribution < -0.4 is 14.7 Å². The Kier molecular flexibility index (Phi) is 17.9. The zero-order chi connectivity index (χ0) is 90.6. The summed E-state index contributed by atoms with van der Waals surface area (Å²) in [6.45, 7) is 0. The van der Waals surface area contributed by atoms with Crippen LogP contribution >= 0.6 is 0 Å². The number of anilines is 9. The molecule has 0 amide bonds. The Labute approximate surface area is 798 Å². The van der Waals surface area contributed by atoms with E-state index < -0.39 is 0 Å². The second-order valence-corrected chi connectivity index (χ2v) is 36.2. The molecule has 0 fully saturated rings. The fourth-order valence-electron chi connectivity index (χ4n) is 22.8. The lowest BCUT2D eigenvalue weighted by atomic mass is 9.81. The highest BCUT2D eigenvalue weighted by molar-refractivity contribution is 6.16. The standard InChI is InChI=1S/C130H82N8/c1-4-34-83(35-5-1)133(86-67-73-125-119(79-86)113-58-28-31-61-122(113)136(125)89-64-70-110-104-52-19-16-46-98(104)92-40-10-13-43-95(92)101-49-22-25-55-107(101)116(110)76-89)128-82-129(134(84-36-6-2-7-37-84)87-68-74-126-120(80-87)114-59-29-32-62-123(114)137(126)90-65-71-111-105-53-20-17-47-99(105)93-41-11-14-44-96(93)102-50-23-26-56-108(102)117(111)77-90)132-130(131-128)135(85-38-8-3-9-39-85)88-69-75-127-121(81-88)115-60-30-33-63-124(115)138(127)91-66-72-112-106-54-21-18-48-100(106)94-42-12-15-45-97(94)103-51-24-27-57-109(103)118(112)78-91/h1-82H. The summed E-state index contributed by atoms with van der Waals surface area (Å²) in [7, 11) is 0. The first-order valence-corrected chi connectivity index (χ1v) is 47.3. The normalized spacial score (nSPS) is 11.9. The SMILES string of the molecule is c1ccc(N(c2ccc3c(c2)c2ccccc2n3-c2ccc3c(c2)-c2ccccc2-c2ccccc2-c2ccccc2-3)c2cc(N(c3ccccc3)c3ccc4c(c3)c3ccccc3n4-c3ccc4c(c3)-c3ccccc3-c3ccccc3-c3ccccc3-4)nc(N(c3ccccc3)c3ccc4c(c3)c3ccccc3n4-c3ccc4c(c3)-c3ccccc3-c3ccccc3-c3ccccc3-4)n2)cc1. The van der Waals surface area contributed by atoms with Crippen molar-refractivity contribution < 1.29 is 0 Å². The molecule has 0 bridgehead atoms. The Morgan fingerprint density at radius 3 is 0.580 bits per heavy atom.